The second-order valence-electron chi connectivity index (χ2n) is 6.88. The van der Waals surface area contributed by atoms with Crippen LogP contribution in [0.25, 0.3) is 10.4 Å². The summed E-state index contributed by atoms with van der Waals surface area (Å²) in [5.41, 5.74) is 10.3. The number of amides is 2. The fraction of sp³-hybridized carbons (Fsp3) is 0.529. The van der Waals surface area contributed by atoms with E-state index >= 15 is 0 Å². The maximum absolute atomic E-state index is 12.9. The molecule has 1 aromatic rings. The van der Waals surface area contributed by atoms with Crippen LogP contribution >= 0.6 is 0 Å². The first-order chi connectivity index (χ1) is 11.7. The molecular formula is C17H19N5O2. The zero-order valence-electron chi connectivity index (χ0n) is 13.3. The lowest BCUT2D eigenvalue weighted by Crippen LogP contribution is -2.46. The summed E-state index contributed by atoms with van der Waals surface area (Å²) >= 11 is 0. The van der Waals surface area contributed by atoms with Crippen LogP contribution in [0.3, 0.4) is 0 Å². The minimum atomic E-state index is -1.31. The summed E-state index contributed by atoms with van der Waals surface area (Å²) in [7, 11) is 0. The van der Waals surface area contributed by atoms with Gasteiger partial charge in [0.05, 0.1) is 11.4 Å². The van der Waals surface area contributed by atoms with Gasteiger partial charge < -0.3 is 9.80 Å². The van der Waals surface area contributed by atoms with Crippen molar-refractivity contribution in [3.05, 3.63) is 34.7 Å². The molecule has 0 bridgehead atoms. The number of hydrogen-bond acceptors (Lipinski definition) is 3. The number of carbonyl (C=O) groups is 2. The second-order valence-corrected chi connectivity index (χ2v) is 6.88. The summed E-state index contributed by atoms with van der Waals surface area (Å²) in [6, 6.07) is 6.20. The van der Waals surface area contributed by atoms with Gasteiger partial charge in [-0.05, 0) is 55.2 Å². The van der Waals surface area contributed by atoms with Crippen LogP contribution in [0.1, 0.15) is 25.7 Å². The molecular weight excluding hydrogens is 306 g/mol. The minimum Gasteiger partial charge on any atom is -0.309 e. The molecule has 0 saturated heterocycles. The van der Waals surface area contributed by atoms with Gasteiger partial charge in [-0.1, -0.05) is 17.2 Å². The Bertz CT molecular complexity index is 681. The maximum Gasteiger partial charge on any atom is 0.245 e. The first kappa shape index (κ1) is 15.0. The van der Waals surface area contributed by atoms with Gasteiger partial charge in [0, 0.05) is 18.0 Å². The summed E-state index contributed by atoms with van der Waals surface area (Å²) in [6.07, 6.45) is 4.38. The number of benzene rings is 1. The van der Waals surface area contributed by atoms with Gasteiger partial charge in [0.2, 0.25) is 11.8 Å². The van der Waals surface area contributed by atoms with Crippen LogP contribution in [0, 0.1) is 11.8 Å². The zero-order chi connectivity index (χ0) is 16.7. The molecule has 0 aromatic heterocycles. The predicted octanol–water partition coefficient (Wildman–Crippen LogP) is 2.87. The van der Waals surface area contributed by atoms with Crippen molar-refractivity contribution in [1.82, 2.24) is 0 Å². The number of hydrogen-bond donors (Lipinski definition) is 0. The number of para-hydroxylation sites is 2. The van der Waals surface area contributed by atoms with E-state index < -0.39 is 17.9 Å². The highest BCUT2D eigenvalue weighted by molar-refractivity contribution is 6.20. The summed E-state index contributed by atoms with van der Waals surface area (Å²) < 4.78 is 0. The largest absolute Gasteiger partial charge is 0.309 e. The highest BCUT2D eigenvalue weighted by atomic mass is 16.2. The molecule has 0 unspecified atom stereocenters. The standard InChI is InChI=1S/C17H19N5O2/c18-20-19-15-16(23)21(9-11-5-6-11)13-3-1-2-4-14(13)22(17(15)24)10-12-7-8-12/h1-4,11-12,15H,5-10H2. The number of anilines is 2. The average Bonchev–Trinajstić information content (AvgIpc) is 3.49. The third-order valence-electron chi connectivity index (χ3n) is 4.91. The van der Waals surface area contributed by atoms with Gasteiger partial charge in [0.15, 0.2) is 6.04 Å². The van der Waals surface area contributed by atoms with Crippen LogP contribution < -0.4 is 9.80 Å². The van der Waals surface area contributed by atoms with Crippen molar-refractivity contribution in [2.24, 2.45) is 17.0 Å². The van der Waals surface area contributed by atoms with E-state index in [0.29, 0.717) is 24.9 Å². The van der Waals surface area contributed by atoms with E-state index in [1.807, 2.05) is 24.3 Å². The zero-order valence-corrected chi connectivity index (χ0v) is 13.3. The first-order valence-electron chi connectivity index (χ1n) is 8.45. The molecule has 0 atom stereocenters. The normalized spacial score (nSPS) is 21.3. The van der Waals surface area contributed by atoms with Crippen molar-refractivity contribution in [3.8, 4) is 0 Å². The van der Waals surface area contributed by atoms with Crippen molar-refractivity contribution in [2.75, 3.05) is 22.9 Å². The molecule has 2 saturated carbocycles. The fourth-order valence-corrected chi connectivity index (χ4v) is 3.20. The van der Waals surface area contributed by atoms with E-state index in [2.05, 4.69) is 10.0 Å². The summed E-state index contributed by atoms with van der Waals surface area (Å²) in [4.78, 5) is 31.9. The first-order valence-corrected chi connectivity index (χ1v) is 8.45. The van der Waals surface area contributed by atoms with E-state index in [4.69, 9.17) is 5.53 Å². The Hall–Kier alpha value is -2.53. The monoisotopic (exact) mass is 325 g/mol. The second kappa shape index (κ2) is 5.83. The summed E-state index contributed by atoms with van der Waals surface area (Å²) in [5, 5.41) is 3.54. The molecule has 4 rings (SSSR count). The predicted molar refractivity (Wildman–Crippen MR) is 89.5 cm³/mol. The molecule has 3 aliphatic rings. The lowest BCUT2D eigenvalue weighted by Gasteiger charge is -2.25. The molecule has 7 nitrogen and oxygen atoms in total. The summed E-state index contributed by atoms with van der Waals surface area (Å²) in [6.45, 7) is 1.16. The van der Waals surface area contributed by atoms with E-state index in [0.717, 1.165) is 37.1 Å². The molecule has 124 valence electrons. The van der Waals surface area contributed by atoms with Gasteiger partial charge in [-0.2, -0.15) is 0 Å². The number of rotatable bonds is 5. The molecule has 7 heteroatoms. The average molecular weight is 325 g/mol. The molecule has 0 spiro atoms. The highest BCUT2D eigenvalue weighted by Crippen LogP contribution is 2.40. The van der Waals surface area contributed by atoms with Crippen LogP contribution in [0.4, 0.5) is 11.4 Å². The molecule has 0 N–H and O–H groups in total. The third kappa shape index (κ3) is 2.71. The number of carbonyl (C=O) groups excluding carboxylic acids is 2. The van der Waals surface area contributed by atoms with Gasteiger partial charge in [-0.15, -0.1) is 0 Å². The molecule has 0 radical (unpaired) electrons. The Balaban J connectivity index is 1.80. The van der Waals surface area contributed by atoms with Crippen molar-refractivity contribution in [1.29, 1.82) is 0 Å². The fourth-order valence-electron chi connectivity index (χ4n) is 3.20. The van der Waals surface area contributed by atoms with E-state index in [1.165, 1.54) is 0 Å². The molecule has 2 fully saturated rings. The van der Waals surface area contributed by atoms with Crippen LogP contribution in [-0.2, 0) is 9.59 Å². The highest BCUT2D eigenvalue weighted by Gasteiger charge is 2.42. The smallest absolute Gasteiger partial charge is 0.245 e. The lowest BCUT2D eigenvalue weighted by atomic mass is 10.2. The quantitative estimate of drug-likeness (QED) is 0.360. The molecule has 2 aliphatic carbocycles. The van der Waals surface area contributed by atoms with Gasteiger partial charge in [0.25, 0.3) is 0 Å². The molecule has 1 aromatic carbocycles. The molecule has 1 heterocycles. The number of fused-ring (bicyclic) bond motifs is 1. The Morgan fingerprint density at radius 1 is 0.958 bits per heavy atom. The lowest BCUT2D eigenvalue weighted by molar-refractivity contribution is -0.128. The van der Waals surface area contributed by atoms with E-state index in [-0.39, 0.29) is 0 Å². The van der Waals surface area contributed by atoms with Crippen LogP contribution in [0.5, 0.6) is 0 Å². The minimum absolute atomic E-state index is 0.407. The van der Waals surface area contributed by atoms with Crippen LogP contribution in [0.15, 0.2) is 29.4 Å². The number of azide groups is 1. The van der Waals surface area contributed by atoms with Crippen molar-refractivity contribution in [2.45, 2.75) is 31.7 Å². The molecule has 2 amide bonds. The Kier molecular flexibility index (Phi) is 3.65. The molecule has 1 aliphatic heterocycles. The Morgan fingerprint density at radius 3 is 1.79 bits per heavy atom. The molecule has 24 heavy (non-hydrogen) atoms. The van der Waals surface area contributed by atoms with Crippen molar-refractivity contribution < 1.29 is 9.59 Å². The van der Waals surface area contributed by atoms with Crippen LogP contribution in [-0.4, -0.2) is 30.9 Å². The van der Waals surface area contributed by atoms with Crippen LogP contribution in [0.2, 0.25) is 0 Å². The van der Waals surface area contributed by atoms with Crippen molar-refractivity contribution >= 4 is 23.2 Å². The summed E-state index contributed by atoms with van der Waals surface area (Å²) in [5.74, 6) is 0.128. The van der Waals surface area contributed by atoms with E-state index in [1.54, 1.807) is 9.80 Å². The third-order valence-corrected chi connectivity index (χ3v) is 4.91. The SMILES string of the molecule is [N-]=[N+]=NC1C(=O)N(CC2CC2)c2ccccc2N(CC2CC2)C1=O. The van der Waals surface area contributed by atoms with Gasteiger partial charge in [0.1, 0.15) is 0 Å². The topological polar surface area (TPSA) is 89.4 Å². The van der Waals surface area contributed by atoms with Crippen molar-refractivity contribution in [3.63, 3.8) is 0 Å². The maximum atomic E-state index is 12.9. The van der Waals surface area contributed by atoms with Gasteiger partial charge in [-0.25, -0.2) is 0 Å². The van der Waals surface area contributed by atoms with E-state index in [9.17, 15) is 9.59 Å². The number of nitrogens with zero attached hydrogens (tertiary/aromatic N) is 5. The Labute approximate surface area is 139 Å². The van der Waals surface area contributed by atoms with Gasteiger partial charge >= 0.3 is 0 Å². The Morgan fingerprint density at radius 2 is 1.42 bits per heavy atom. The van der Waals surface area contributed by atoms with Gasteiger partial charge in [-0.3, -0.25) is 9.59 Å².